The van der Waals surface area contributed by atoms with Crippen molar-refractivity contribution in [1.82, 2.24) is 14.9 Å². The minimum atomic E-state index is 0.0646. The molecule has 0 saturated carbocycles. The van der Waals surface area contributed by atoms with Gasteiger partial charge < -0.3 is 9.64 Å². The highest BCUT2D eigenvalue weighted by atomic mass is 32.1. The number of amides is 1. The molecule has 23 heavy (non-hydrogen) atoms. The molecular weight excluding hydrogens is 310 g/mol. The average molecular weight is 329 g/mol. The summed E-state index contributed by atoms with van der Waals surface area (Å²) < 4.78 is 5.88. The van der Waals surface area contributed by atoms with Gasteiger partial charge in [-0.15, -0.1) is 11.3 Å². The highest BCUT2D eigenvalue weighted by molar-refractivity contribution is 7.10. The molecular formula is C17H19N3O2S. The third kappa shape index (κ3) is 4.39. The van der Waals surface area contributed by atoms with E-state index < -0.39 is 0 Å². The first-order chi connectivity index (χ1) is 11.2. The van der Waals surface area contributed by atoms with E-state index in [0.717, 1.165) is 17.7 Å². The van der Waals surface area contributed by atoms with E-state index in [4.69, 9.17) is 4.74 Å². The molecule has 1 aliphatic rings. The number of rotatable bonds is 4. The Balaban J connectivity index is 1.49. The predicted octanol–water partition coefficient (Wildman–Crippen LogP) is 2.93. The standard InChI is InChI=1S/C17H19N3O2S/c1-13-18-9-6-16(19-13)22-14-7-10-20(11-8-14)17(21)5-4-15-3-2-12-23-15/h2-6,9,12,14H,7-8,10-11H2,1H3/b5-4+. The molecule has 0 aromatic carbocycles. The van der Waals surface area contributed by atoms with E-state index in [1.807, 2.05) is 35.4 Å². The lowest BCUT2D eigenvalue weighted by molar-refractivity contribution is -0.127. The third-order valence-electron chi connectivity index (χ3n) is 3.72. The minimum absolute atomic E-state index is 0.0646. The van der Waals surface area contributed by atoms with Gasteiger partial charge in [0.1, 0.15) is 11.9 Å². The monoisotopic (exact) mass is 329 g/mol. The van der Waals surface area contributed by atoms with Gasteiger partial charge in [-0.25, -0.2) is 4.98 Å². The van der Waals surface area contributed by atoms with Gasteiger partial charge in [0, 0.05) is 49.1 Å². The number of thiophene rings is 1. The molecule has 6 heteroatoms. The molecule has 1 fully saturated rings. The maximum absolute atomic E-state index is 12.2. The Morgan fingerprint density at radius 1 is 1.39 bits per heavy atom. The number of aromatic nitrogens is 2. The van der Waals surface area contributed by atoms with Crippen LogP contribution >= 0.6 is 11.3 Å². The van der Waals surface area contributed by atoms with E-state index in [1.165, 1.54) is 0 Å². The number of hydrogen-bond acceptors (Lipinski definition) is 5. The number of hydrogen-bond donors (Lipinski definition) is 0. The number of carbonyl (C=O) groups excluding carboxylic acids is 1. The zero-order valence-electron chi connectivity index (χ0n) is 13.0. The van der Waals surface area contributed by atoms with Gasteiger partial charge in [0.05, 0.1) is 0 Å². The quantitative estimate of drug-likeness (QED) is 0.809. The molecule has 1 saturated heterocycles. The molecule has 0 atom stereocenters. The minimum Gasteiger partial charge on any atom is -0.474 e. The van der Waals surface area contributed by atoms with Gasteiger partial charge >= 0.3 is 0 Å². The molecule has 0 aliphatic carbocycles. The van der Waals surface area contributed by atoms with Crippen LogP contribution in [0.25, 0.3) is 6.08 Å². The third-order valence-corrected chi connectivity index (χ3v) is 4.56. The molecule has 2 aromatic rings. The first-order valence-corrected chi connectivity index (χ1v) is 8.55. The van der Waals surface area contributed by atoms with E-state index in [1.54, 1.807) is 29.7 Å². The van der Waals surface area contributed by atoms with E-state index in [-0.39, 0.29) is 12.0 Å². The summed E-state index contributed by atoms with van der Waals surface area (Å²) in [4.78, 5) is 23.5. The molecule has 1 aliphatic heterocycles. The summed E-state index contributed by atoms with van der Waals surface area (Å²) in [6.45, 7) is 3.26. The van der Waals surface area contributed by atoms with Crippen LogP contribution in [0.4, 0.5) is 0 Å². The maximum atomic E-state index is 12.2. The van der Waals surface area contributed by atoms with Crippen molar-refractivity contribution in [3.05, 3.63) is 46.6 Å². The fourth-order valence-corrected chi connectivity index (χ4v) is 3.13. The van der Waals surface area contributed by atoms with Gasteiger partial charge in [-0.2, -0.15) is 4.98 Å². The first kappa shape index (κ1) is 15.7. The van der Waals surface area contributed by atoms with Gasteiger partial charge in [-0.1, -0.05) is 6.07 Å². The van der Waals surface area contributed by atoms with Crippen LogP contribution in [0, 0.1) is 6.92 Å². The highest BCUT2D eigenvalue weighted by Gasteiger charge is 2.23. The summed E-state index contributed by atoms with van der Waals surface area (Å²) in [6, 6.07) is 5.75. The van der Waals surface area contributed by atoms with E-state index in [2.05, 4.69) is 9.97 Å². The number of aryl methyl sites for hydroxylation is 1. The Labute approximate surface area is 139 Å². The van der Waals surface area contributed by atoms with Gasteiger partial charge in [-0.05, 0) is 24.4 Å². The van der Waals surface area contributed by atoms with Crippen molar-refractivity contribution in [2.24, 2.45) is 0 Å². The van der Waals surface area contributed by atoms with Crippen molar-refractivity contribution in [1.29, 1.82) is 0 Å². The highest BCUT2D eigenvalue weighted by Crippen LogP contribution is 2.18. The lowest BCUT2D eigenvalue weighted by atomic mass is 10.1. The summed E-state index contributed by atoms with van der Waals surface area (Å²) in [5, 5.41) is 2.00. The lowest BCUT2D eigenvalue weighted by Gasteiger charge is -2.31. The van der Waals surface area contributed by atoms with Crippen molar-refractivity contribution in [2.75, 3.05) is 13.1 Å². The molecule has 0 spiro atoms. The van der Waals surface area contributed by atoms with Crippen LogP contribution in [0.1, 0.15) is 23.5 Å². The van der Waals surface area contributed by atoms with Crippen LogP contribution in [0.3, 0.4) is 0 Å². The van der Waals surface area contributed by atoms with Crippen molar-refractivity contribution in [3.63, 3.8) is 0 Å². The molecule has 2 aromatic heterocycles. The van der Waals surface area contributed by atoms with Crippen molar-refractivity contribution < 1.29 is 9.53 Å². The summed E-state index contributed by atoms with van der Waals surface area (Å²) in [5.41, 5.74) is 0. The molecule has 5 nitrogen and oxygen atoms in total. The van der Waals surface area contributed by atoms with Crippen molar-refractivity contribution >= 4 is 23.3 Å². The number of likely N-dealkylation sites (tertiary alicyclic amines) is 1. The topological polar surface area (TPSA) is 55.3 Å². The Bertz CT molecular complexity index is 677. The zero-order valence-corrected chi connectivity index (χ0v) is 13.8. The van der Waals surface area contributed by atoms with Crippen molar-refractivity contribution in [2.45, 2.75) is 25.9 Å². The van der Waals surface area contributed by atoms with Crippen molar-refractivity contribution in [3.8, 4) is 5.88 Å². The van der Waals surface area contributed by atoms with Crippen LogP contribution in [-0.4, -0.2) is 40.0 Å². The molecule has 3 heterocycles. The fourth-order valence-electron chi connectivity index (χ4n) is 2.51. The zero-order chi connectivity index (χ0) is 16.1. The van der Waals surface area contributed by atoms with E-state index in [0.29, 0.717) is 24.8 Å². The molecule has 0 N–H and O–H groups in total. The summed E-state index contributed by atoms with van der Waals surface area (Å²) in [7, 11) is 0. The van der Waals surface area contributed by atoms with Crippen LogP contribution in [0.15, 0.2) is 35.9 Å². The average Bonchev–Trinajstić information content (AvgIpc) is 3.07. The van der Waals surface area contributed by atoms with Gasteiger partial charge in [-0.3, -0.25) is 4.79 Å². The molecule has 0 bridgehead atoms. The normalized spacial score (nSPS) is 16.0. The Morgan fingerprint density at radius 2 is 2.22 bits per heavy atom. The van der Waals surface area contributed by atoms with Crippen LogP contribution in [0.5, 0.6) is 5.88 Å². The van der Waals surface area contributed by atoms with Crippen LogP contribution < -0.4 is 4.74 Å². The number of nitrogens with zero attached hydrogens (tertiary/aromatic N) is 3. The Morgan fingerprint density at radius 3 is 2.91 bits per heavy atom. The molecule has 1 amide bonds. The van der Waals surface area contributed by atoms with E-state index in [9.17, 15) is 4.79 Å². The second-order valence-corrected chi connectivity index (χ2v) is 6.41. The Kier molecular flexibility index (Phi) is 5.02. The fraction of sp³-hybridized carbons (Fsp3) is 0.353. The number of carbonyl (C=O) groups is 1. The smallest absolute Gasteiger partial charge is 0.246 e. The summed E-state index contributed by atoms with van der Waals surface area (Å²) in [6.07, 6.45) is 6.98. The van der Waals surface area contributed by atoms with Crippen LogP contribution in [-0.2, 0) is 4.79 Å². The maximum Gasteiger partial charge on any atom is 0.246 e. The van der Waals surface area contributed by atoms with Gasteiger partial charge in [0.2, 0.25) is 11.8 Å². The van der Waals surface area contributed by atoms with E-state index >= 15 is 0 Å². The van der Waals surface area contributed by atoms with Crippen LogP contribution in [0.2, 0.25) is 0 Å². The largest absolute Gasteiger partial charge is 0.474 e. The SMILES string of the molecule is Cc1nccc(OC2CCN(C(=O)/C=C/c3cccs3)CC2)n1. The number of ether oxygens (including phenoxy) is 1. The predicted molar refractivity (Wildman–Crippen MR) is 90.4 cm³/mol. The molecule has 3 rings (SSSR count). The first-order valence-electron chi connectivity index (χ1n) is 7.67. The summed E-state index contributed by atoms with van der Waals surface area (Å²) >= 11 is 1.62. The Hall–Kier alpha value is -2.21. The second kappa shape index (κ2) is 7.37. The lowest BCUT2D eigenvalue weighted by Crippen LogP contribution is -2.41. The molecule has 120 valence electrons. The van der Waals surface area contributed by atoms with Gasteiger partial charge in [0.25, 0.3) is 0 Å². The molecule has 0 unspecified atom stereocenters. The van der Waals surface area contributed by atoms with Gasteiger partial charge in [0.15, 0.2) is 0 Å². The number of piperidine rings is 1. The second-order valence-electron chi connectivity index (χ2n) is 5.43. The summed E-state index contributed by atoms with van der Waals surface area (Å²) in [5.74, 6) is 1.38. The molecule has 0 radical (unpaired) electrons.